The lowest BCUT2D eigenvalue weighted by molar-refractivity contribution is 0.0639. The summed E-state index contributed by atoms with van der Waals surface area (Å²) < 4.78 is 0. The van der Waals surface area contributed by atoms with Crippen molar-refractivity contribution in [3.63, 3.8) is 0 Å². The number of aryl methyl sites for hydroxylation is 1. The number of hydrogen-bond acceptors (Lipinski definition) is 2. The number of aliphatic hydroxyl groups is 1. The average molecular weight is 249 g/mol. The van der Waals surface area contributed by atoms with Gasteiger partial charge in [-0.2, -0.15) is 0 Å². The van der Waals surface area contributed by atoms with Crippen LogP contribution in [0.3, 0.4) is 0 Å². The molecule has 3 nitrogen and oxygen atoms in total. The Morgan fingerprint density at radius 1 is 1.22 bits per heavy atom. The first-order valence-electron chi connectivity index (χ1n) is 6.42. The van der Waals surface area contributed by atoms with Crippen molar-refractivity contribution in [1.82, 2.24) is 4.90 Å². The van der Waals surface area contributed by atoms with E-state index in [0.717, 1.165) is 5.56 Å². The molecule has 0 aliphatic heterocycles. The smallest absolute Gasteiger partial charge is 0.254 e. The number of aliphatic hydroxyl groups excluding tert-OH is 1. The molecule has 1 rings (SSSR count). The van der Waals surface area contributed by atoms with Crippen molar-refractivity contribution < 1.29 is 9.90 Å². The molecule has 0 aliphatic carbocycles. The molecule has 0 unspecified atom stereocenters. The molecule has 0 fully saturated rings. The molecule has 0 heterocycles. The summed E-state index contributed by atoms with van der Waals surface area (Å²) >= 11 is 0. The zero-order chi connectivity index (χ0) is 13.9. The third-order valence-corrected chi connectivity index (χ3v) is 3.09. The van der Waals surface area contributed by atoms with Crippen molar-refractivity contribution in [2.24, 2.45) is 0 Å². The molecule has 0 bridgehead atoms. The lowest BCUT2D eigenvalue weighted by Gasteiger charge is -2.32. The van der Waals surface area contributed by atoms with Gasteiger partial charge in [0.1, 0.15) is 0 Å². The summed E-state index contributed by atoms with van der Waals surface area (Å²) in [5.74, 6) is 0.00199. The Morgan fingerprint density at radius 2 is 1.78 bits per heavy atom. The topological polar surface area (TPSA) is 40.5 Å². The number of carbonyl (C=O) groups excluding carboxylic acids is 1. The van der Waals surface area contributed by atoms with Gasteiger partial charge in [0.2, 0.25) is 0 Å². The number of nitrogens with zero attached hydrogens (tertiary/aromatic N) is 1. The molecule has 1 aromatic carbocycles. The molecule has 0 saturated carbocycles. The van der Waals surface area contributed by atoms with E-state index >= 15 is 0 Å². The standard InChI is InChI=1S/C15H23NO2/c1-10(2)16(11(3)4)15(18)14-12(5)7-6-8-13(14)9-17/h6-8,10-11,17H,9H2,1-5H3. The Hall–Kier alpha value is -1.35. The molecule has 0 aliphatic rings. The fourth-order valence-electron chi connectivity index (χ4n) is 2.36. The summed E-state index contributed by atoms with van der Waals surface area (Å²) in [6.45, 7) is 9.84. The Morgan fingerprint density at radius 3 is 2.22 bits per heavy atom. The second-order valence-corrected chi connectivity index (χ2v) is 5.17. The minimum Gasteiger partial charge on any atom is -0.392 e. The predicted molar refractivity (Wildman–Crippen MR) is 73.5 cm³/mol. The quantitative estimate of drug-likeness (QED) is 0.891. The molecule has 100 valence electrons. The highest BCUT2D eigenvalue weighted by atomic mass is 16.3. The van der Waals surface area contributed by atoms with Crippen LogP contribution < -0.4 is 0 Å². The van der Waals surface area contributed by atoms with E-state index < -0.39 is 0 Å². The third kappa shape index (κ3) is 2.91. The third-order valence-electron chi connectivity index (χ3n) is 3.09. The van der Waals surface area contributed by atoms with Crippen molar-refractivity contribution in [2.45, 2.75) is 53.3 Å². The van der Waals surface area contributed by atoms with Gasteiger partial charge in [-0.1, -0.05) is 18.2 Å². The van der Waals surface area contributed by atoms with Crippen LogP contribution in [0.2, 0.25) is 0 Å². The Balaban J connectivity index is 3.24. The van der Waals surface area contributed by atoms with Crippen LogP contribution >= 0.6 is 0 Å². The molecule has 0 radical (unpaired) electrons. The minimum atomic E-state index is -0.104. The largest absolute Gasteiger partial charge is 0.392 e. The monoisotopic (exact) mass is 249 g/mol. The summed E-state index contributed by atoms with van der Waals surface area (Å²) in [6, 6.07) is 5.86. The van der Waals surface area contributed by atoms with E-state index in [0.29, 0.717) is 11.1 Å². The van der Waals surface area contributed by atoms with Gasteiger partial charge in [-0.05, 0) is 45.7 Å². The van der Waals surface area contributed by atoms with Crippen LogP contribution in [0, 0.1) is 6.92 Å². The zero-order valence-electron chi connectivity index (χ0n) is 11.9. The van der Waals surface area contributed by atoms with Gasteiger partial charge in [-0.15, -0.1) is 0 Å². The van der Waals surface area contributed by atoms with E-state index in [1.54, 1.807) is 6.07 Å². The van der Waals surface area contributed by atoms with Crippen LogP contribution in [0.25, 0.3) is 0 Å². The van der Waals surface area contributed by atoms with Gasteiger partial charge in [-0.25, -0.2) is 0 Å². The molecule has 18 heavy (non-hydrogen) atoms. The SMILES string of the molecule is Cc1cccc(CO)c1C(=O)N(C(C)C)C(C)C. The van der Waals surface area contributed by atoms with Crippen LogP contribution in [0.5, 0.6) is 0 Å². The normalized spacial score (nSPS) is 11.1. The highest BCUT2D eigenvalue weighted by Gasteiger charge is 2.24. The molecule has 0 aromatic heterocycles. The van der Waals surface area contributed by atoms with Crippen molar-refractivity contribution >= 4 is 5.91 Å². The van der Waals surface area contributed by atoms with Crippen LogP contribution in [0.1, 0.15) is 49.2 Å². The highest BCUT2D eigenvalue weighted by molar-refractivity contribution is 5.97. The maximum Gasteiger partial charge on any atom is 0.254 e. The fraction of sp³-hybridized carbons (Fsp3) is 0.533. The molecular formula is C15H23NO2. The molecule has 1 aromatic rings. The summed E-state index contributed by atoms with van der Waals surface area (Å²) in [5, 5.41) is 9.38. The van der Waals surface area contributed by atoms with Gasteiger partial charge in [0.25, 0.3) is 5.91 Å². The van der Waals surface area contributed by atoms with E-state index in [9.17, 15) is 9.90 Å². The van der Waals surface area contributed by atoms with E-state index in [4.69, 9.17) is 0 Å². The average Bonchev–Trinajstić information content (AvgIpc) is 2.27. The summed E-state index contributed by atoms with van der Waals surface area (Å²) in [4.78, 5) is 14.5. The Bertz CT molecular complexity index is 417. The van der Waals surface area contributed by atoms with Gasteiger partial charge < -0.3 is 10.0 Å². The number of rotatable bonds is 4. The number of hydrogen-bond donors (Lipinski definition) is 1. The van der Waals surface area contributed by atoms with Crippen LogP contribution in [-0.2, 0) is 6.61 Å². The molecule has 1 N–H and O–H groups in total. The second kappa shape index (κ2) is 6.01. The second-order valence-electron chi connectivity index (χ2n) is 5.17. The first kappa shape index (κ1) is 14.7. The fourth-order valence-corrected chi connectivity index (χ4v) is 2.36. The van der Waals surface area contributed by atoms with Crippen molar-refractivity contribution in [3.05, 3.63) is 34.9 Å². The van der Waals surface area contributed by atoms with Crippen molar-refractivity contribution in [2.75, 3.05) is 0 Å². The van der Waals surface area contributed by atoms with E-state index in [1.165, 1.54) is 0 Å². The molecule has 0 saturated heterocycles. The first-order valence-corrected chi connectivity index (χ1v) is 6.42. The maximum absolute atomic E-state index is 12.6. The summed E-state index contributed by atoms with van der Waals surface area (Å²) in [7, 11) is 0. The molecule has 0 atom stereocenters. The number of amides is 1. The van der Waals surface area contributed by atoms with Crippen molar-refractivity contribution in [3.8, 4) is 0 Å². The van der Waals surface area contributed by atoms with E-state index in [-0.39, 0.29) is 24.6 Å². The summed E-state index contributed by atoms with van der Waals surface area (Å²) in [5.41, 5.74) is 2.26. The van der Waals surface area contributed by atoms with Gasteiger partial charge >= 0.3 is 0 Å². The van der Waals surface area contributed by atoms with E-state index in [1.807, 2.05) is 51.7 Å². The lowest BCUT2D eigenvalue weighted by atomic mass is 10.00. The van der Waals surface area contributed by atoms with Crippen LogP contribution in [0.15, 0.2) is 18.2 Å². The van der Waals surface area contributed by atoms with Crippen LogP contribution in [-0.4, -0.2) is 28.0 Å². The lowest BCUT2D eigenvalue weighted by Crippen LogP contribution is -2.42. The number of benzene rings is 1. The molecular weight excluding hydrogens is 226 g/mol. The zero-order valence-corrected chi connectivity index (χ0v) is 11.9. The molecule has 0 spiro atoms. The summed E-state index contributed by atoms with van der Waals surface area (Å²) in [6.07, 6.45) is 0. The molecule has 1 amide bonds. The minimum absolute atomic E-state index is 0.00199. The maximum atomic E-state index is 12.6. The van der Waals surface area contributed by atoms with Gasteiger partial charge in [0, 0.05) is 17.6 Å². The van der Waals surface area contributed by atoms with Gasteiger partial charge in [-0.3, -0.25) is 4.79 Å². The van der Waals surface area contributed by atoms with E-state index in [2.05, 4.69) is 0 Å². The number of carbonyl (C=O) groups is 1. The Labute approximate surface area is 109 Å². The molecule has 3 heteroatoms. The van der Waals surface area contributed by atoms with Gasteiger partial charge in [0.15, 0.2) is 0 Å². The van der Waals surface area contributed by atoms with Crippen LogP contribution in [0.4, 0.5) is 0 Å². The van der Waals surface area contributed by atoms with Crippen molar-refractivity contribution in [1.29, 1.82) is 0 Å². The van der Waals surface area contributed by atoms with Gasteiger partial charge in [0.05, 0.1) is 6.61 Å². The predicted octanol–water partition coefficient (Wildman–Crippen LogP) is 2.75. The highest BCUT2D eigenvalue weighted by Crippen LogP contribution is 2.19. The first-order chi connectivity index (χ1) is 8.40. The Kier molecular flexibility index (Phi) is 4.91.